The Morgan fingerprint density at radius 1 is 1.14 bits per heavy atom. The number of nitrogens with one attached hydrogen (secondary N) is 2. The summed E-state index contributed by atoms with van der Waals surface area (Å²) in [5.41, 5.74) is -1.07. The molecule has 0 aliphatic carbocycles. The van der Waals surface area contributed by atoms with Crippen molar-refractivity contribution < 1.29 is 27.5 Å². The Bertz CT molecular complexity index is 1220. The van der Waals surface area contributed by atoms with E-state index in [1.54, 1.807) is 19.9 Å². The predicted molar refractivity (Wildman–Crippen MR) is 117 cm³/mol. The number of nitrogens with zero attached hydrogens (tertiary/aromatic N) is 4. The molecular weight excluding hydrogens is 468 g/mol. The predicted octanol–water partition coefficient (Wildman–Crippen LogP) is 3.48. The smallest absolute Gasteiger partial charge is 0.393 e. The van der Waals surface area contributed by atoms with Crippen LogP contribution in [0.15, 0.2) is 42.9 Å². The normalized spacial score (nSPS) is 19.8. The van der Waals surface area contributed by atoms with Crippen LogP contribution in [0.25, 0.3) is 11.1 Å². The summed E-state index contributed by atoms with van der Waals surface area (Å²) in [6.45, 7) is 3.68. The number of carbonyl (C=O) groups excluding carboxylic acids is 1. The summed E-state index contributed by atoms with van der Waals surface area (Å²) in [6.07, 6.45) is -1.55. The van der Waals surface area contributed by atoms with Crippen LogP contribution in [0.5, 0.6) is 0 Å². The summed E-state index contributed by atoms with van der Waals surface area (Å²) >= 11 is 0. The maximum absolute atomic E-state index is 14.4. The molecule has 12 heteroatoms. The fraction of sp³-hybridized carbons (Fsp3) is 0.348. The average molecular weight is 490 g/mol. The second-order valence-electron chi connectivity index (χ2n) is 8.29. The molecule has 2 aromatic heterocycles. The molecular formula is C23H22F4N6O2. The number of aliphatic hydroxyl groups is 1. The molecule has 1 aliphatic heterocycles. The second kappa shape index (κ2) is 9.53. The third kappa shape index (κ3) is 5.06. The first-order valence-electron chi connectivity index (χ1n) is 10.8. The van der Waals surface area contributed by atoms with Gasteiger partial charge in [-0.1, -0.05) is 12.1 Å². The van der Waals surface area contributed by atoms with Crippen molar-refractivity contribution in [1.82, 2.24) is 25.3 Å². The van der Waals surface area contributed by atoms with Gasteiger partial charge in [0.15, 0.2) is 0 Å². The fourth-order valence-electron chi connectivity index (χ4n) is 3.99. The van der Waals surface area contributed by atoms with Crippen LogP contribution in [0.2, 0.25) is 0 Å². The molecule has 8 nitrogen and oxygen atoms in total. The second-order valence-corrected chi connectivity index (χ2v) is 8.29. The van der Waals surface area contributed by atoms with E-state index in [1.165, 1.54) is 24.7 Å². The van der Waals surface area contributed by atoms with Crippen molar-refractivity contribution in [1.29, 1.82) is 0 Å². The molecule has 1 unspecified atom stereocenters. The van der Waals surface area contributed by atoms with Crippen molar-refractivity contribution in [3.8, 4) is 11.1 Å². The highest BCUT2D eigenvalue weighted by atomic mass is 19.4. The van der Waals surface area contributed by atoms with Crippen LogP contribution in [0, 0.1) is 11.7 Å². The van der Waals surface area contributed by atoms with Crippen LogP contribution in [0.3, 0.4) is 0 Å². The van der Waals surface area contributed by atoms with Crippen LogP contribution in [-0.2, 0) is 11.0 Å². The van der Waals surface area contributed by atoms with E-state index in [0.29, 0.717) is 18.3 Å². The van der Waals surface area contributed by atoms with E-state index < -0.39 is 35.6 Å². The number of amides is 1. The first-order valence-corrected chi connectivity index (χ1v) is 10.8. The Morgan fingerprint density at radius 3 is 2.51 bits per heavy atom. The molecule has 3 aromatic rings. The Hall–Kier alpha value is -3.67. The number of alkyl halides is 3. The largest absolute Gasteiger partial charge is 0.419 e. The zero-order chi connectivity index (χ0) is 25.3. The number of hydrogen-bond donors (Lipinski definition) is 3. The molecule has 4 rings (SSSR count). The number of aromatic nitrogens is 4. The van der Waals surface area contributed by atoms with E-state index in [2.05, 4.69) is 30.6 Å². The molecule has 184 valence electrons. The highest BCUT2D eigenvalue weighted by molar-refractivity contribution is 5.85. The topological polar surface area (TPSA) is 113 Å². The van der Waals surface area contributed by atoms with Gasteiger partial charge >= 0.3 is 6.18 Å². The minimum Gasteiger partial charge on any atom is -0.393 e. The van der Waals surface area contributed by atoms with Gasteiger partial charge in [0, 0.05) is 42.2 Å². The number of hydrogen-bond acceptors (Lipinski definition) is 7. The molecule has 4 atom stereocenters. The minimum atomic E-state index is -4.82. The Labute approximate surface area is 197 Å². The van der Waals surface area contributed by atoms with Crippen LogP contribution >= 0.6 is 0 Å². The van der Waals surface area contributed by atoms with Gasteiger partial charge in [0.25, 0.3) is 0 Å². The quantitative estimate of drug-likeness (QED) is 0.454. The third-order valence-electron chi connectivity index (χ3n) is 5.86. The van der Waals surface area contributed by atoms with Crippen molar-refractivity contribution in [2.45, 2.75) is 38.1 Å². The van der Waals surface area contributed by atoms with E-state index in [1.807, 2.05) is 0 Å². The minimum absolute atomic E-state index is 0.0965. The highest BCUT2D eigenvalue weighted by Crippen LogP contribution is 2.35. The van der Waals surface area contributed by atoms with Crippen LogP contribution in [-0.4, -0.2) is 43.6 Å². The van der Waals surface area contributed by atoms with E-state index in [4.69, 9.17) is 0 Å². The molecule has 1 aromatic carbocycles. The number of anilines is 1. The molecule has 0 radical (unpaired) electrons. The first kappa shape index (κ1) is 24.5. The zero-order valence-corrected chi connectivity index (χ0v) is 18.7. The lowest BCUT2D eigenvalue weighted by molar-refractivity contribution is -0.139. The number of rotatable bonds is 6. The van der Waals surface area contributed by atoms with Crippen LogP contribution < -0.4 is 10.6 Å². The summed E-state index contributed by atoms with van der Waals surface area (Å²) < 4.78 is 53.4. The zero-order valence-electron chi connectivity index (χ0n) is 18.7. The van der Waals surface area contributed by atoms with Gasteiger partial charge in [-0.25, -0.2) is 24.3 Å². The lowest BCUT2D eigenvalue weighted by atomic mass is 9.88. The third-order valence-corrected chi connectivity index (χ3v) is 5.86. The summed E-state index contributed by atoms with van der Waals surface area (Å²) in [5, 5.41) is 15.7. The summed E-state index contributed by atoms with van der Waals surface area (Å²) in [6, 6.07) is 4.11. The summed E-state index contributed by atoms with van der Waals surface area (Å²) in [5.74, 6) is -2.08. The van der Waals surface area contributed by atoms with Gasteiger partial charge in [-0.15, -0.1) is 0 Å². The lowest BCUT2D eigenvalue weighted by Gasteiger charge is -2.19. The standard InChI is InChI=1S/C23H22F4N6O2/c1-11(32-22-28-7-6-17(33-22)18-15(12(2)34)10-31-21(18)35)20-29-8-13(9-30-20)14-4-3-5-16(19(14)24)23(25,26)27/h3-9,11-12,15,18,34H,10H2,1-2H3,(H,31,35)(H,28,32,33)/t11-,12+,15?,18+/m0/s1. The number of aliphatic hydroxyl groups excluding tert-OH is 1. The van der Waals surface area contributed by atoms with Gasteiger partial charge in [0.05, 0.1) is 29.3 Å². The molecule has 0 bridgehead atoms. The van der Waals surface area contributed by atoms with E-state index in [0.717, 1.165) is 6.07 Å². The molecule has 3 N–H and O–H groups in total. The van der Waals surface area contributed by atoms with Crippen LogP contribution in [0.1, 0.15) is 42.9 Å². The molecule has 1 amide bonds. The number of halogens is 4. The monoisotopic (exact) mass is 490 g/mol. The lowest BCUT2D eigenvalue weighted by Crippen LogP contribution is -2.25. The fourth-order valence-corrected chi connectivity index (χ4v) is 3.99. The van der Waals surface area contributed by atoms with Crippen molar-refractivity contribution in [3.05, 3.63) is 65.8 Å². The van der Waals surface area contributed by atoms with Gasteiger partial charge in [-0.2, -0.15) is 13.2 Å². The Morgan fingerprint density at radius 2 is 1.86 bits per heavy atom. The maximum Gasteiger partial charge on any atom is 0.419 e. The summed E-state index contributed by atoms with van der Waals surface area (Å²) in [7, 11) is 0. The van der Waals surface area contributed by atoms with Crippen molar-refractivity contribution in [3.63, 3.8) is 0 Å². The average Bonchev–Trinajstić information content (AvgIpc) is 3.20. The highest BCUT2D eigenvalue weighted by Gasteiger charge is 2.39. The Balaban J connectivity index is 1.52. The molecule has 1 fully saturated rings. The van der Waals surface area contributed by atoms with E-state index in [-0.39, 0.29) is 34.7 Å². The molecule has 0 saturated carbocycles. The van der Waals surface area contributed by atoms with Gasteiger partial charge in [-0.05, 0) is 26.0 Å². The van der Waals surface area contributed by atoms with Gasteiger partial charge in [0.2, 0.25) is 11.9 Å². The first-order chi connectivity index (χ1) is 16.6. The molecule has 1 aliphatic rings. The SMILES string of the molecule is C[C@H](Nc1nccc([C@@H]2C(=O)NCC2[C@@H](C)O)n1)c1ncc(-c2cccc(C(F)(F)F)c2F)cn1. The van der Waals surface area contributed by atoms with E-state index in [9.17, 15) is 27.5 Å². The van der Waals surface area contributed by atoms with Gasteiger partial charge < -0.3 is 15.7 Å². The molecule has 3 heterocycles. The van der Waals surface area contributed by atoms with Crippen molar-refractivity contribution >= 4 is 11.9 Å². The maximum atomic E-state index is 14.4. The molecule has 35 heavy (non-hydrogen) atoms. The van der Waals surface area contributed by atoms with Crippen molar-refractivity contribution in [2.75, 3.05) is 11.9 Å². The van der Waals surface area contributed by atoms with E-state index >= 15 is 0 Å². The molecule has 0 spiro atoms. The van der Waals surface area contributed by atoms with Gasteiger partial charge in [0.1, 0.15) is 11.6 Å². The van der Waals surface area contributed by atoms with Gasteiger partial charge in [-0.3, -0.25) is 4.79 Å². The summed E-state index contributed by atoms with van der Waals surface area (Å²) in [4.78, 5) is 29.2. The van der Waals surface area contributed by atoms with Crippen molar-refractivity contribution in [2.24, 2.45) is 5.92 Å². The number of carbonyl (C=O) groups is 1. The number of benzene rings is 1. The molecule has 1 saturated heterocycles. The van der Waals surface area contributed by atoms with Crippen LogP contribution in [0.4, 0.5) is 23.5 Å². The Kier molecular flexibility index (Phi) is 6.66.